The largest absolute Gasteiger partial charge is 0.369 e. The number of carbonyl (C=O) groups excluding carboxylic acids is 1. The first-order chi connectivity index (χ1) is 16.3. The first-order valence-electron chi connectivity index (χ1n) is 11.4. The third-order valence-electron chi connectivity index (χ3n) is 6.18. The molecule has 0 unspecified atom stereocenters. The van der Waals surface area contributed by atoms with Crippen LogP contribution in [0.25, 0.3) is 11.0 Å². The van der Waals surface area contributed by atoms with Gasteiger partial charge in [0.1, 0.15) is 5.52 Å². The van der Waals surface area contributed by atoms with Crippen molar-refractivity contribution in [2.75, 3.05) is 44.2 Å². The highest BCUT2D eigenvalue weighted by Gasteiger charge is 2.17. The van der Waals surface area contributed by atoms with Crippen molar-refractivity contribution in [3.8, 4) is 0 Å². The van der Waals surface area contributed by atoms with E-state index in [4.69, 9.17) is 0 Å². The molecule has 7 heteroatoms. The Hall–Kier alpha value is -3.71. The summed E-state index contributed by atoms with van der Waals surface area (Å²) in [7, 11) is 0. The number of hydrogen-bond donors (Lipinski definition) is 1. The number of piperazine rings is 1. The van der Waals surface area contributed by atoms with Crippen LogP contribution in [0, 0.1) is 0 Å². The smallest absolute Gasteiger partial charge is 0.251 e. The first-order valence-corrected chi connectivity index (χ1v) is 11.4. The van der Waals surface area contributed by atoms with Crippen molar-refractivity contribution < 1.29 is 4.79 Å². The molecular formula is C26H28N6O. The average Bonchev–Trinajstić information content (AvgIpc) is 3.28. The van der Waals surface area contributed by atoms with Gasteiger partial charge < -0.3 is 10.2 Å². The van der Waals surface area contributed by atoms with Crippen molar-refractivity contribution in [1.29, 1.82) is 0 Å². The second-order valence-electron chi connectivity index (χ2n) is 8.35. The summed E-state index contributed by atoms with van der Waals surface area (Å²) in [6.07, 6.45) is 0. The second kappa shape index (κ2) is 9.83. The minimum absolute atomic E-state index is 0.0318. The Labute approximate surface area is 193 Å². The van der Waals surface area contributed by atoms with Crippen LogP contribution in [0.15, 0.2) is 78.9 Å². The number of hydrogen-bond acceptors (Lipinski definition) is 5. The van der Waals surface area contributed by atoms with Crippen LogP contribution in [0.3, 0.4) is 0 Å². The quantitative estimate of drug-likeness (QED) is 0.479. The first kappa shape index (κ1) is 21.2. The molecule has 4 aromatic rings. The Balaban J connectivity index is 1.08. The molecule has 1 saturated heterocycles. The molecule has 1 amide bonds. The van der Waals surface area contributed by atoms with Crippen LogP contribution in [0.4, 0.5) is 5.69 Å². The van der Waals surface area contributed by atoms with Crippen molar-refractivity contribution in [1.82, 2.24) is 25.2 Å². The van der Waals surface area contributed by atoms with Crippen LogP contribution in [0.5, 0.6) is 0 Å². The molecule has 3 aromatic carbocycles. The Morgan fingerprint density at radius 1 is 0.848 bits per heavy atom. The molecule has 1 N–H and O–H groups in total. The lowest BCUT2D eigenvalue weighted by Gasteiger charge is -2.36. The molecule has 7 nitrogen and oxygen atoms in total. The van der Waals surface area contributed by atoms with E-state index in [1.54, 1.807) is 0 Å². The minimum atomic E-state index is -0.0318. The van der Waals surface area contributed by atoms with Gasteiger partial charge in [0.05, 0.1) is 12.1 Å². The van der Waals surface area contributed by atoms with E-state index in [0.29, 0.717) is 18.7 Å². The molecule has 1 aliphatic rings. The standard InChI is InChI=1S/C26H28N6O/c33-26(27-14-15-30-16-18-31(19-17-30)23-6-2-1-3-7-23)22-12-10-21(11-13-22)20-32-25-9-5-4-8-24(25)28-29-32/h1-13H,14-20H2,(H,27,33). The van der Waals surface area contributed by atoms with E-state index in [0.717, 1.165) is 49.3 Å². The van der Waals surface area contributed by atoms with Gasteiger partial charge >= 0.3 is 0 Å². The van der Waals surface area contributed by atoms with E-state index in [1.807, 2.05) is 53.2 Å². The molecule has 1 fully saturated rings. The third-order valence-corrected chi connectivity index (χ3v) is 6.18. The van der Waals surface area contributed by atoms with Crippen LogP contribution < -0.4 is 10.2 Å². The van der Waals surface area contributed by atoms with Crippen LogP contribution in [0.1, 0.15) is 15.9 Å². The Morgan fingerprint density at radius 3 is 2.36 bits per heavy atom. The molecule has 0 aliphatic carbocycles. The fourth-order valence-electron chi connectivity index (χ4n) is 4.27. The second-order valence-corrected chi connectivity index (χ2v) is 8.35. The zero-order valence-corrected chi connectivity index (χ0v) is 18.6. The van der Waals surface area contributed by atoms with Crippen LogP contribution >= 0.6 is 0 Å². The fraction of sp³-hybridized carbons (Fsp3) is 0.269. The summed E-state index contributed by atoms with van der Waals surface area (Å²) in [6.45, 7) is 6.19. The monoisotopic (exact) mass is 440 g/mol. The summed E-state index contributed by atoms with van der Waals surface area (Å²) in [4.78, 5) is 17.4. The van der Waals surface area contributed by atoms with Crippen molar-refractivity contribution in [2.45, 2.75) is 6.54 Å². The lowest BCUT2D eigenvalue weighted by atomic mass is 10.1. The highest BCUT2D eigenvalue weighted by atomic mass is 16.1. The SMILES string of the molecule is O=C(NCCN1CCN(c2ccccc2)CC1)c1ccc(Cn2nnc3ccccc32)cc1. The summed E-state index contributed by atoms with van der Waals surface area (Å²) >= 11 is 0. The van der Waals surface area contributed by atoms with Crippen LogP contribution in [-0.2, 0) is 6.54 Å². The molecule has 1 aromatic heterocycles. The number of para-hydroxylation sites is 2. The molecule has 5 rings (SSSR count). The number of amides is 1. The van der Waals surface area contributed by atoms with Gasteiger partial charge in [-0.2, -0.15) is 0 Å². The third kappa shape index (κ3) is 5.04. The van der Waals surface area contributed by atoms with Gasteiger partial charge in [-0.25, -0.2) is 4.68 Å². The van der Waals surface area contributed by atoms with Gasteiger partial charge in [0.15, 0.2) is 0 Å². The molecule has 0 radical (unpaired) electrons. The van der Waals surface area contributed by atoms with Gasteiger partial charge in [-0.15, -0.1) is 5.10 Å². The molecule has 33 heavy (non-hydrogen) atoms. The van der Waals surface area contributed by atoms with E-state index in [2.05, 4.69) is 55.8 Å². The summed E-state index contributed by atoms with van der Waals surface area (Å²) in [6, 6.07) is 26.2. The summed E-state index contributed by atoms with van der Waals surface area (Å²) in [5, 5.41) is 11.5. The fourth-order valence-corrected chi connectivity index (χ4v) is 4.27. The average molecular weight is 441 g/mol. The molecule has 0 atom stereocenters. The summed E-state index contributed by atoms with van der Waals surface area (Å²) in [5.74, 6) is -0.0318. The lowest BCUT2D eigenvalue weighted by molar-refractivity contribution is 0.0948. The Bertz CT molecular complexity index is 1200. The number of anilines is 1. The molecular weight excluding hydrogens is 412 g/mol. The number of carbonyl (C=O) groups is 1. The normalized spacial score (nSPS) is 14.5. The highest BCUT2D eigenvalue weighted by Crippen LogP contribution is 2.15. The Kier molecular flexibility index (Phi) is 6.30. The maximum absolute atomic E-state index is 12.6. The van der Waals surface area contributed by atoms with Crippen LogP contribution in [-0.4, -0.2) is 65.1 Å². The van der Waals surface area contributed by atoms with Crippen molar-refractivity contribution in [2.24, 2.45) is 0 Å². The van der Waals surface area contributed by atoms with E-state index in [-0.39, 0.29) is 5.91 Å². The molecule has 0 bridgehead atoms. The molecule has 2 heterocycles. The van der Waals surface area contributed by atoms with E-state index in [1.165, 1.54) is 5.69 Å². The predicted octanol–water partition coefficient (Wildman–Crippen LogP) is 3.03. The maximum atomic E-state index is 12.6. The molecule has 168 valence electrons. The minimum Gasteiger partial charge on any atom is -0.369 e. The predicted molar refractivity (Wildman–Crippen MR) is 131 cm³/mol. The number of benzene rings is 3. The number of rotatable bonds is 7. The lowest BCUT2D eigenvalue weighted by Crippen LogP contribution is -2.48. The molecule has 1 aliphatic heterocycles. The zero-order valence-electron chi connectivity index (χ0n) is 18.6. The number of nitrogens with one attached hydrogen (secondary N) is 1. The van der Waals surface area contributed by atoms with Gasteiger partial charge in [-0.05, 0) is 42.0 Å². The Morgan fingerprint density at radius 2 is 1.58 bits per heavy atom. The van der Waals surface area contributed by atoms with Gasteiger partial charge in [-0.1, -0.05) is 47.7 Å². The van der Waals surface area contributed by atoms with Crippen molar-refractivity contribution in [3.05, 3.63) is 90.0 Å². The van der Waals surface area contributed by atoms with E-state index in [9.17, 15) is 4.79 Å². The summed E-state index contributed by atoms with van der Waals surface area (Å²) in [5.41, 5.74) is 4.93. The number of fused-ring (bicyclic) bond motifs is 1. The van der Waals surface area contributed by atoms with Gasteiger partial charge in [0.2, 0.25) is 0 Å². The number of aromatic nitrogens is 3. The van der Waals surface area contributed by atoms with E-state index >= 15 is 0 Å². The van der Waals surface area contributed by atoms with Gasteiger partial charge in [-0.3, -0.25) is 9.69 Å². The molecule has 0 spiro atoms. The van der Waals surface area contributed by atoms with Crippen molar-refractivity contribution >= 4 is 22.6 Å². The van der Waals surface area contributed by atoms with Crippen molar-refractivity contribution in [3.63, 3.8) is 0 Å². The summed E-state index contributed by atoms with van der Waals surface area (Å²) < 4.78 is 1.88. The zero-order chi connectivity index (χ0) is 22.5. The van der Waals surface area contributed by atoms with Gasteiger partial charge in [0.25, 0.3) is 5.91 Å². The van der Waals surface area contributed by atoms with E-state index < -0.39 is 0 Å². The number of nitrogens with zero attached hydrogens (tertiary/aromatic N) is 5. The van der Waals surface area contributed by atoms with Gasteiger partial charge in [0, 0.05) is 50.5 Å². The van der Waals surface area contributed by atoms with Crippen LogP contribution in [0.2, 0.25) is 0 Å². The highest BCUT2D eigenvalue weighted by molar-refractivity contribution is 5.94. The molecule has 0 saturated carbocycles. The maximum Gasteiger partial charge on any atom is 0.251 e. The topological polar surface area (TPSA) is 66.3 Å².